The number of imide groups is 1. The van der Waals surface area contributed by atoms with Crippen LogP contribution in [0.2, 0.25) is 0 Å². The van der Waals surface area contributed by atoms with E-state index in [2.05, 4.69) is 22.5 Å². The summed E-state index contributed by atoms with van der Waals surface area (Å²) < 4.78 is 0. The maximum atomic E-state index is 13.1. The van der Waals surface area contributed by atoms with Crippen molar-refractivity contribution in [3.63, 3.8) is 0 Å². The van der Waals surface area contributed by atoms with Gasteiger partial charge in [0.2, 0.25) is 5.91 Å². The second kappa shape index (κ2) is 9.47. The molecule has 0 aromatic rings. The zero-order valence-corrected chi connectivity index (χ0v) is 19.2. The van der Waals surface area contributed by atoms with Gasteiger partial charge in [0.15, 0.2) is 0 Å². The molecule has 0 aromatic carbocycles. The van der Waals surface area contributed by atoms with Gasteiger partial charge in [-0.15, -0.1) is 0 Å². The first-order chi connectivity index (χ1) is 15.0. The minimum absolute atomic E-state index is 0.0470. The number of hydrogen-bond donors (Lipinski definition) is 2. The first-order valence-electron chi connectivity index (χ1n) is 12.6. The van der Waals surface area contributed by atoms with Crippen molar-refractivity contribution >= 4 is 17.8 Å². The topological polar surface area (TPSA) is 81.8 Å². The molecule has 4 fully saturated rings. The van der Waals surface area contributed by atoms with Gasteiger partial charge in [-0.25, -0.2) is 4.79 Å². The van der Waals surface area contributed by atoms with E-state index in [9.17, 15) is 14.4 Å². The highest BCUT2D eigenvalue weighted by Crippen LogP contribution is 2.38. The van der Waals surface area contributed by atoms with E-state index < -0.39 is 11.6 Å². The molecule has 31 heavy (non-hydrogen) atoms. The third kappa shape index (κ3) is 4.62. The molecule has 0 unspecified atom stereocenters. The van der Waals surface area contributed by atoms with Crippen LogP contribution in [0.3, 0.4) is 0 Å². The number of urea groups is 1. The highest BCUT2D eigenvalue weighted by Gasteiger charge is 2.52. The third-order valence-electron chi connectivity index (χ3n) is 8.51. The Morgan fingerprint density at radius 1 is 1.00 bits per heavy atom. The van der Waals surface area contributed by atoms with Crippen LogP contribution < -0.4 is 10.6 Å². The molecule has 2 saturated carbocycles. The van der Waals surface area contributed by atoms with E-state index >= 15 is 0 Å². The van der Waals surface area contributed by atoms with Crippen molar-refractivity contribution in [2.24, 2.45) is 5.92 Å². The fourth-order valence-corrected chi connectivity index (χ4v) is 6.38. The SMILES string of the molecule is CCC1CCC2(CC1)NC(=O)N(CC(=O)NCC1(N3CCCCC3)CCCCC1)C2=O. The largest absolute Gasteiger partial charge is 0.353 e. The zero-order valence-electron chi connectivity index (χ0n) is 19.2. The lowest BCUT2D eigenvalue weighted by Gasteiger charge is -2.48. The summed E-state index contributed by atoms with van der Waals surface area (Å²) in [7, 11) is 0. The van der Waals surface area contributed by atoms with Crippen LogP contribution in [0.1, 0.15) is 90.4 Å². The van der Waals surface area contributed by atoms with Gasteiger partial charge in [0.25, 0.3) is 5.91 Å². The van der Waals surface area contributed by atoms with Crippen molar-refractivity contribution in [2.45, 2.75) is 101 Å². The van der Waals surface area contributed by atoms with Crippen molar-refractivity contribution < 1.29 is 14.4 Å². The van der Waals surface area contributed by atoms with Crippen LogP contribution >= 0.6 is 0 Å². The summed E-state index contributed by atoms with van der Waals surface area (Å²) in [6.45, 7) is 4.87. The zero-order chi connectivity index (χ0) is 21.9. The third-order valence-corrected chi connectivity index (χ3v) is 8.51. The lowest BCUT2D eigenvalue weighted by atomic mass is 9.75. The van der Waals surface area contributed by atoms with Gasteiger partial charge in [-0.1, -0.05) is 39.0 Å². The summed E-state index contributed by atoms with van der Waals surface area (Å²) in [6, 6.07) is -0.404. The lowest BCUT2D eigenvalue weighted by Crippen LogP contribution is -2.58. The molecule has 174 valence electrons. The van der Waals surface area contributed by atoms with Gasteiger partial charge >= 0.3 is 6.03 Å². The van der Waals surface area contributed by atoms with E-state index in [1.54, 1.807) is 0 Å². The predicted octanol–water partition coefficient (Wildman–Crippen LogP) is 3.18. The molecular formula is C24H40N4O3. The summed E-state index contributed by atoms with van der Waals surface area (Å²) in [6.07, 6.45) is 14.1. The molecule has 1 spiro atoms. The number of amides is 4. The molecule has 0 bridgehead atoms. The molecule has 7 nitrogen and oxygen atoms in total. The molecule has 2 heterocycles. The van der Waals surface area contributed by atoms with E-state index in [-0.39, 0.29) is 23.9 Å². The van der Waals surface area contributed by atoms with Crippen LogP contribution in [0.4, 0.5) is 4.79 Å². The molecule has 4 rings (SSSR count). The number of carbonyl (C=O) groups excluding carboxylic acids is 3. The van der Waals surface area contributed by atoms with Gasteiger partial charge in [-0.2, -0.15) is 0 Å². The molecule has 4 aliphatic rings. The van der Waals surface area contributed by atoms with Crippen molar-refractivity contribution in [3.05, 3.63) is 0 Å². The van der Waals surface area contributed by atoms with Crippen LogP contribution in [0.15, 0.2) is 0 Å². The predicted molar refractivity (Wildman–Crippen MR) is 119 cm³/mol. The van der Waals surface area contributed by atoms with Crippen LogP contribution in [0.25, 0.3) is 0 Å². The first-order valence-corrected chi connectivity index (χ1v) is 12.6. The second-order valence-electron chi connectivity index (χ2n) is 10.4. The number of likely N-dealkylation sites (tertiary alicyclic amines) is 1. The van der Waals surface area contributed by atoms with E-state index in [0.717, 1.165) is 50.1 Å². The second-order valence-corrected chi connectivity index (χ2v) is 10.4. The number of nitrogens with zero attached hydrogens (tertiary/aromatic N) is 2. The van der Waals surface area contributed by atoms with E-state index in [0.29, 0.717) is 25.3 Å². The van der Waals surface area contributed by atoms with Gasteiger partial charge in [0.1, 0.15) is 12.1 Å². The van der Waals surface area contributed by atoms with Crippen LogP contribution in [0, 0.1) is 5.92 Å². The minimum atomic E-state index is -0.776. The normalized spacial score (nSPS) is 31.6. The van der Waals surface area contributed by atoms with Crippen molar-refractivity contribution in [1.82, 2.24) is 20.4 Å². The Kier molecular flexibility index (Phi) is 6.89. The molecule has 2 N–H and O–H groups in total. The molecule has 2 aliphatic carbocycles. The Balaban J connectivity index is 1.34. The summed E-state index contributed by atoms with van der Waals surface area (Å²) in [5.74, 6) is 0.213. The Morgan fingerprint density at radius 3 is 2.29 bits per heavy atom. The Labute approximate surface area is 186 Å². The lowest BCUT2D eigenvalue weighted by molar-refractivity contribution is -0.136. The van der Waals surface area contributed by atoms with Crippen LogP contribution in [-0.4, -0.2) is 64.9 Å². The van der Waals surface area contributed by atoms with Gasteiger partial charge in [-0.05, 0) is 70.4 Å². The highest BCUT2D eigenvalue weighted by atomic mass is 16.2. The summed E-state index contributed by atoms with van der Waals surface area (Å²) in [4.78, 5) is 42.2. The number of hydrogen-bond acceptors (Lipinski definition) is 4. The maximum Gasteiger partial charge on any atom is 0.325 e. The monoisotopic (exact) mass is 432 g/mol. The average molecular weight is 433 g/mol. The van der Waals surface area contributed by atoms with Crippen molar-refractivity contribution in [1.29, 1.82) is 0 Å². The molecule has 0 radical (unpaired) electrons. The summed E-state index contributed by atoms with van der Waals surface area (Å²) >= 11 is 0. The molecular weight excluding hydrogens is 392 g/mol. The van der Waals surface area contributed by atoms with E-state index in [1.165, 1.54) is 38.5 Å². The van der Waals surface area contributed by atoms with Crippen LogP contribution in [0.5, 0.6) is 0 Å². The van der Waals surface area contributed by atoms with Gasteiger partial charge in [0, 0.05) is 12.1 Å². The van der Waals surface area contributed by atoms with Crippen LogP contribution in [-0.2, 0) is 9.59 Å². The quantitative estimate of drug-likeness (QED) is 0.632. The van der Waals surface area contributed by atoms with E-state index in [4.69, 9.17) is 0 Å². The molecule has 0 atom stereocenters. The smallest absolute Gasteiger partial charge is 0.325 e. The molecule has 2 aliphatic heterocycles. The molecule has 7 heteroatoms. The number of piperidine rings is 1. The van der Waals surface area contributed by atoms with Gasteiger partial charge < -0.3 is 10.6 Å². The number of rotatable bonds is 6. The van der Waals surface area contributed by atoms with Crippen molar-refractivity contribution in [3.8, 4) is 0 Å². The molecule has 4 amide bonds. The maximum absolute atomic E-state index is 13.1. The number of carbonyl (C=O) groups is 3. The van der Waals surface area contributed by atoms with Crippen molar-refractivity contribution in [2.75, 3.05) is 26.2 Å². The standard InChI is InChI=1S/C24H40N4O3/c1-2-19-9-13-24(14-10-19)21(30)28(22(31)26-24)17-20(29)25-18-23(11-5-3-6-12-23)27-15-7-4-8-16-27/h19H,2-18H2,1H3,(H,25,29)(H,26,31). The van der Waals surface area contributed by atoms with Gasteiger partial charge in [-0.3, -0.25) is 19.4 Å². The summed E-state index contributed by atoms with van der Waals surface area (Å²) in [5.41, 5.74) is -0.729. The summed E-state index contributed by atoms with van der Waals surface area (Å²) in [5, 5.41) is 6.04. The van der Waals surface area contributed by atoms with E-state index in [1.807, 2.05) is 0 Å². The number of nitrogens with one attached hydrogen (secondary N) is 2. The van der Waals surface area contributed by atoms with Gasteiger partial charge in [0.05, 0.1) is 0 Å². The minimum Gasteiger partial charge on any atom is -0.353 e. The first kappa shape index (κ1) is 22.6. The Bertz CT molecular complexity index is 674. The fraction of sp³-hybridized carbons (Fsp3) is 0.875. The average Bonchev–Trinajstić information content (AvgIpc) is 3.03. The fourth-order valence-electron chi connectivity index (χ4n) is 6.38. The Hall–Kier alpha value is -1.63. The molecule has 0 aromatic heterocycles. The molecule has 2 saturated heterocycles. The Morgan fingerprint density at radius 2 is 1.65 bits per heavy atom. The highest BCUT2D eigenvalue weighted by molar-refractivity contribution is 6.09.